The van der Waals surface area contributed by atoms with E-state index < -0.39 is 0 Å². The van der Waals surface area contributed by atoms with Gasteiger partial charge in [0.05, 0.1) is 0 Å². The molecule has 0 saturated heterocycles. The van der Waals surface area contributed by atoms with E-state index in [1.807, 2.05) is 0 Å². The summed E-state index contributed by atoms with van der Waals surface area (Å²) in [6.45, 7) is 14.3. The van der Waals surface area contributed by atoms with Crippen LogP contribution in [0, 0.1) is 5.41 Å². The fourth-order valence-corrected chi connectivity index (χ4v) is 6.15. The summed E-state index contributed by atoms with van der Waals surface area (Å²) >= 11 is 0. The Bertz CT molecular complexity index is 819. The second kappa shape index (κ2) is 5.47. The van der Waals surface area contributed by atoms with Crippen LogP contribution in [0.4, 0.5) is 0 Å². The van der Waals surface area contributed by atoms with E-state index in [1.165, 1.54) is 48.8 Å². The van der Waals surface area contributed by atoms with Gasteiger partial charge in [0.15, 0.2) is 0 Å². The first-order valence-corrected chi connectivity index (χ1v) is 10.1. The summed E-state index contributed by atoms with van der Waals surface area (Å²) in [4.78, 5) is 0. The molecule has 0 heteroatoms. The Labute approximate surface area is 153 Å². The zero-order valence-corrected chi connectivity index (χ0v) is 16.8. The Kier molecular flexibility index (Phi) is 3.69. The smallest absolute Gasteiger partial charge is 0.0270 e. The summed E-state index contributed by atoms with van der Waals surface area (Å²) in [7, 11) is 0. The third kappa shape index (κ3) is 1.89. The SMILES string of the molecule is CCC1(C2(C)C(C)=C(C)C(C)=C2C)C=Cc2ccc3c(c21)CCCC3. The molecule has 25 heavy (non-hydrogen) atoms. The van der Waals surface area contributed by atoms with Gasteiger partial charge >= 0.3 is 0 Å². The number of rotatable bonds is 2. The number of hydrogen-bond acceptors (Lipinski definition) is 0. The monoisotopic (exact) mass is 332 g/mol. The van der Waals surface area contributed by atoms with Gasteiger partial charge in [0.25, 0.3) is 0 Å². The molecule has 0 aliphatic heterocycles. The van der Waals surface area contributed by atoms with Gasteiger partial charge in [0.1, 0.15) is 0 Å². The van der Waals surface area contributed by atoms with Gasteiger partial charge in [0.2, 0.25) is 0 Å². The maximum Gasteiger partial charge on any atom is 0.0270 e. The van der Waals surface area contributed by atoms with Crippen LogP contribution in [0.25, 0.3) is 6.08 Å². The molecule has 0 bridgehead atoms. The highest BCUT2D eigenvalue weighted by atomic mass is 14.6. The zero-order valence-electron chi connectivity index (χ0n) is 16.8. The van der Waals surface area contributed by atoms with Gasteiger partial charge in [-0.3, -0.25) is 0 Å². The number of aryl methyl sites for hydroxylation is 1. The van der Waals surface area contributed by atoms with Crippen LogP contribution >= 0.6 is 0 Å². The van der Waals surface area contributed by atoms with Crippen molar-refractivity contribution in [2.75, 3.05) is 0 Å². The Morgan fingerprint density at radius 3 is 2.20 bits per heavy atom. The molecule has 0 N–H and O–H groups in total. The Hall–Kier alpha value is -1.56. The van der Waals surface area contributed by atoms with Crippen LogP contribution in [0.15, 0.2) is 40.5 Å². The van der Waals surface area contributed by atoms with E-state index in [0.29, 0.717) is 0 Å². The molecule has 132 valence electrons. The second-order valence-corrected chi connectivity index (χ2v) is 8.66. The molecule has 0 radical (unpaired) electrons. The summed E-state index contributed by atoms with van der Waals surface area (Å²) < 4.78 is 0. The maximum absolute atomic E-state index is 2.56. The van der Waals surface area contributed by atoms with Gasteiger partial charge in [-0.1, -0.05) is 49.3 Å². The molecule has 0 fully saturated rings. The van der Waals surface area contributed by atoms with Crippen molar-refractivity contribution >= 4 is 6.08 Å². The normalized spacial score (nSPS) is 27.1. The highest BCUT2D eigenvalue weighted by molar-refractivity contribution is 5.72. The van der Waals surface area contributed by atoms with Gasteiger partial charge in [-0.2, -0.15) is 0 Å². The first kappa shape index (κ1) is 16.9. The third-order valence-corrected chi connectivity index (χ3v) is 8.20. The van der Waals surface area contributed by atoms with Gasteiger partial charge in [-0.05, 0) is 93.2 Å². The van der Waals surface area contributed by atoms with Crippen molar-refractivity contribution in [2.45, 2.75) is 79.1 Å². The average molecular weight is 333 g/mol. The molecular weight excluding hydrogens is 300 g/mol. The summed E-state index contributed by atoms with van der Waals surface area (Å²) in [5.74, 6) is 0. The minimum atomic E-state index is 0.101. The van der Waals surface area contributed by atoms with Crippen LogP contribution < -0.4 is 0 Å². The molecule has 3 aliphatic carbocycles. The summed E-state index contributed by atoms with van der Waals surface area (Å²) in [5.41, 5.74) is 12.8. The molecule has 0 spiro atoms. The van der Waals surface area contributed by atoms with Crippen LogP contribution in [0.2, 0.25) is 0 Å². The zero-order chi connectivity index (χ0) is 18.0. The van der Waals surface area contributed by atoms with Gasteiger partial charge in [-0.15, -0.1) is 0 Å². The van der Waals surface area contributed by atoms with Crippen molar-refractivity contribution in [3.8, 4) is 0 Å². The lowest BCUT2D eigenvalue weighted by molar-refractivity contribution is 0.280. The van der Waals surface area contributed by atoms with E-state index in [1.54, 1.807) is 27.8 Å². The predicted molar refractivity (Wildman–Crippen MR) is 109 cm³/mol. The van der Waals surface area contributed by atoms with Gasteiger partial charge < -0.3 is 0 Å². The molecule has 1 atom stereocenters. The molecule has 3 aliphatic rings. The number of allylic oxidation sites excluding steroid dienone is 5. The molecule has 0 amide bonds. The van der Waals surface area contributed by atoms with Crippen LogP contribution in [-0.2, 0) is 18.3 Å². The lowest BCUT2D eigenvalue weighted by atomic mass is 9.54. The Balaban J connectivity index is 2.03. The van der Waals surface area contributed by atoms with Crippen molar-refractivity contribution in [3.05, 3.63) is 62.8 Å². The van der Waals surface area contributed by atoms with E-state index in [0.717, 1.165) is 0 Å². The number of fused-ring (bicyclic) bond motifs is 3. The first-order chi connectivity index (χ1) is 11.9. The van der Waals surface area contributed by atoms with E-state index in [9.17, 15) is 0 Å². The van der Waals surface area contributed by atoms with Crippen molar-refractivity contribution in [1.29, 1.82) is 0 Å². The maximum atomic E-state index is 2.56. The highest BCUT2D eigenvalue weighted by Crippen LogP contribution is 2.62. The third-order valence-electron chi connectivity index (χ3n) is 8.20. The topological polar surface area (TPSA) is 0 Å². The molecule has 1 unspecified atom stereocenters. The highest BCUT2D eigenvalue weighted by Gasteiger charge is 2.54. The van der Waals surface area contributed by atoms with E-state index >= 15 is 0 Å². The summed E-state index contributed by atoms with van der Waals surface area (Å²) in [6.07, 6.45) is 11.4. The van der Waals surface area contributed by atoms with E-state index in [-0.39, 0.29) is 10.8 Å². The standard InChI is InChI=1S/C25H32/c1-7-25(24(6)18(4)16(2)17(3)19(24)5)15-14-21-13-12-20-10-8-9-11-22(20)23(21)25/h12-15H,7-11H2,1-6H3. The number of hydrogen-bond donors (Lipinski definition) is 0. The predicted octanol–water partition coefficient (Wildman–Crippen LogP) is 6.93. The van der Waals surface area contributed by atoms with Gasteiger partial charge in [-0.25, -0.2) is 0 Å². The van der Waals surface area contributed by atoms with Crippen LogP contribution in [0.5, 0.6) is 0 Å². The van der Waals surface area contributed by atoms with Crippen molar-refractivity contribution in [3.63, 3.8) is 0 Å². The van der Waals surface area contributed by atoms with Crippen LogP contribution in [0.1, 0.15) is 83.1 Å². The van der Waals surface area contributed by atoms with E-state index in [2.05, 4.69) is 65.8 Å². The molecule has 1 aromatic carbocycles. The minimum Gasteiger partial charge on any atom is -0.0721 e. The molecule has 0 aromatic heterocycles. The fourth-order valence-electron chi connectivity index (χ4n) is 6.15. The van der Waals surface area contributed by atoms with Crippen molar-refractivity contribution in [1.82, 2.24) is 0 Å². The van der Waals surface area contributed by atoms with Crippen molar-refractivity contribution in [2.24, 2.45) is 5.41 Å². The average Bonchev–Trinajstić information content (AvgIpc) is 3.11. The van der Waals surface area contributed by atoms with Gasteiger partial charge in [0, 0.05) is 10.8 Å². The molecule has 0 heterocycles. The molecule has 4 rings (SSSR count). The fraction of sp³-hybridized carbons (Fsp3) is 0.520. The molecule has 0 nitrogen and oxygen atoms in total. The van der Waals surface area contributed by atoms with Crippen LogP contribution in [-0.4, -0.2) is 0 Å². The minimum absolute atomic E-state index is 0.101. The van der Waals surface area contributed by atoms with Crippen molar-refractivity contribution < 1.29 is 0 Å². The summed E-state index contributed by atoms with van der Waals surface area (Å²) in [6, 6.07) is 4.80. The lowest BCUT2D eigenvalue weighted by Crippen LogP contribution is -2.43. The van der Waals surface area contributed by atoms with E-state index in [4.69, 9.17) is 0 Å². The Morgan fingerprint density at radius 2 is 1.56 bits per heavy atom. The Morgan fingerprint density at radius 1 is 0.920 bits per heavy atom. The molecule has 0 saturated carbocycles. The number of benzene rings is 1. The summed E-state index contributed by atoms with van der Waals surface area (Å²) in [5, 5.41) is 0. The molecule has 1 aromatic rings. The second-order valence-electron chi connectivity index (χ2n) is 8.66. The quantitative estimate of drug-likeness (QED) is 0.550. The largest absolute Gasteiger partial charge is 0.0721 e. The lowest BCUT2D eigenvalue weighted by Gasteiger charge is -2.48. The first-order valence-electron chi connectivity index (χ1n) is 10.1. The van der Waals surface area contributed by atoms with Crippen LogP contribution in [0.3, 0.4) is 0 Å². The molecular formula is C25H32.